The molecular formula is C25H36N4O3. The molecule has 0 bridgehead atoms. The van der Waals surface area contributed by atoms with E-state index in [-0.39, 0.29) is 23.6 Å². The summed E-state index contributed by atoms with van der Waals surface area (Å²) >= 11 is 0. The van der Waals surface area contributed by atoms with Crippen LogP contribution in [0.3, 0.4) is 0 Å². The van der Waals surface area contributed by atoms with Crippen LogP contribution in [0.2, 0.25) is 0 Å². The van der Waals surface area contributed by atoms with Crippen LogP contribution >= 0.6 is 0 Å². The third kappa shape index (κ3) is 5.76. The van der Waals surface area contributed by atoms with Crippen LogP contribution in [0.5, 0.6) is 0 Å². The lowest BCUT2D eigenvalue weighted by Gasteiger charge is -2.38. The predicted molar refractivity (Wildman–Crippen MR) is 124 cm³/mol. The van der Waals surface area contributed by atoms with E-state index in [1.165, 1.54) is 10.5 Å². The van der Waals surface area contributed by atoms with Gasteiger partial charge in [-0.15, -0.1) is 0 Å². The molecule has 3 amide bonds. The van der Waals surface area contributed by atoms with E-state index in [2.05, 4.69) is 10.6 Å². The number of benzene rings is 1. The van der Waals surface area contributed by atoms with Gasteiger partial charge in [0.05, 0.1) is 6.04 Å². The number of likely N-dealkylation sites (N-methyl/N-ethyl adjacent to an activating group) is 1. The van der Waals surface area contributed by atoms with E-state index in [4.69, 9.17) is 0 Å². The van der Waals surface area contributed by atoms with Crippen molar-refractivity contribution in [2.45, 2.75) is 70.5 Å². The van der Waals surface area contributed by atoms with Crippen LogP contribution in [0.4, 0.5) is 0 Å². The van der Waals surface area contributed by atoms with Crippen LogP contribution in [0, 0.1) is 5.92 Å². The van der Waals surface area contributed by atoms with Crippen LogP contribution in [0.15, 0.2) is 42.7 Å². The lowest BCUT2D eigenvalue weighted by atomic mass is 9.83. The second-order valence-electron chi connectivity index (χ2n) is 8.88. The van der Waals surface area contributed by atoms with E-state index in [0.717, 1.165) is 38.5 Å². The summed E-state index contributed by atoms with van der Waals surface area (Å²) < 4.78 is 0. The van der Waals surface area contributed by atoms with Crippen LogP contribution in [-0.2, 0) is 20.8 Å². The predicted octanol–water partition coefficient (Wildman–Crippen LogP) is 2.43. The Kier molecular flexibility index (Phi) is 8.45. The van der Waals surface area contributed by atoms with Crippen LogP contribution in [0.1, 0.15) is 51.5 Å². The minimum absolute atomic E-state index is 0.0936. The van der Waals surface area contributed by atoms with Crippen molar-refractivity contribution in [3.63, 3.8) is 0 Å². The molecule has 1 aromatic rings. The van der Waals surface area contributed by atoms with Gasteiger partial charge in [-0.25, -0.2) is 0 Å². The minimum Gasteiger partial charge on any atom is -0.343 e. The van der Waals surface area contributed by atoms with Crippen molar-refractivity contribution in [1.29, 1.82) is 0 Å². The van der Waals surface area contributed by atoms with Gasteiger partial charge < -0.3 is 20.4 Å². The average molecular weight is 441 g/mol. The molecule has 1 aliphatic carbocycles. The molecule has 2 aliphatic rings. The number of carbonyl (C=O) groups is 3. The number of nitrogens with one attached hydrogen (secondary N) is 2. The molecule has 0 spiro atoms. The maximum absolute atomic E-state index is 13.6. The van der Waals surface area contributed by atoms with Gasteiger partial charge in [-0.3, -0.25) is 14.4 Å². The molecule has 1 aliphatic heterocycles. The van der Waals surface area contributed by atoms with Crippen LogP contribution < -0.4 is 10.6 Å². The molecule has 1 saturated carbocycles. The highest BCUT2D eigenvalue weighted by atomic mass is 16.2. The fourth-order valence-electron chi connectivity index (χ4n) is 4.48. The summed E-state index contributed by atoms with van der Waals surface area (Å²) in [6.45, 7) is 4.10. The molecule has 1 fully saturated rings. The second-order valence-corrected chi connectivity index (χ2v) is 8.88. The molecule has 0 unspecified atom stereocenters. The Morgan fingerprint density at radius 2 is 1.78 bits per heavy atom. The SMILES string of the molecule is CN[C@@H](C)C(=O)N[C@H](C(=O)N1C=CN(CCc2ccccc2)C(=O)[C@@H]1C)C1CCCCC1. The molecule has 1 heterocycles. The van der Waals surface area contributed by atoms with Crippen molar-refractivity contribution in [2.75, 3.05) is 13.6 Å². The number of nitrogens with zero attached hydrogens (tertiary/aromatic N) is 2. The molecule has 32 heavy (non-hydrogen) atoms. The normalized spacial score (nSPS) is 21.3. The summed E-state index contributed by atoms with van der Waals surface area (Å²) in [7, 11) is 1.72. The van der Waals surface area contributed by atoms with Gasteiger partial charge in [0.1, 0.15) is 12.1 Å². The van der Waals surface area contributed by atoms with Crippen molar-refractivity contribution in [1.82, 2.24) is 20.4 Å². The van der Waals surface area contributed by atoms with Crippen molar-refractivity contribution in [3.8, 4) is 0 Å². The highest BCUT2D eigenvalue weighted by molar-refractivity contribution is 5.94. The number of carbonyl (C=O) groups excluding carboxylic acids is 3. The molecule has 2 N–H and O–H groups in total. The van der Waals surface area contributed by atoms with Gasteiger partial charge in [0.2, 0.25) is 17.7 Å². The molecule has 7 heteroatoms. The second kappa shape index (κ2) is 11.3. The first-order valence-electron chi connectivity index (χ1n) is 11.7. The minimum atomic E-state index is -0.616. The Labute approximate surface area is 191 Å². The summed E-state index contributed by atoms with van der Waals surface area (Å²) in [5.74, 6) is -0.403. The first-order chi connectivity index (χ1) is 15.4. The third-order valence-electron chi connectivity index (χ3n) is 6.71. The van der Waals surface area contributed by atoms with Crippen molar-refractivity contribution < 1.29 is 14.4 Å². The van der Waals surface area contributed by atoms with Gasteiger partial charge in [-0.1, -0.05) is 49.6 Å². The van der Waals surface area contributed by atoms with Crippen LogP contribution in [-0.4, -0.2) is 59.2 Å². The van der Waals surface area contributed by atoms with E-state index in [1.807, 2.05) is 30.3 Å². The van der Waals surface area contributed by atoms with E-state index in [9.17, 15) is 14.4 Å². The zero-order valence-corrected chi connectivity index (χ0v) is 19.4. The average Bonchev–Trinajstić information content (AvgIpc) is 2.83. The van der Waals surface area contributed by atoms with Gasteiger partial charge in [0, 0.05) is 18.9 Å². The summed E-state index contributed by atoms with van der Waals surface area (Å²) in [6, 6.07) is 8.42. The van der Waals surface area contributed by atoms with Crippen molar-refractivity contribution in [3.05, 3.63) is 48.3 Å². The van der Waals surface area contributed by atoms with Gasteiger partial charge in [-0.2, -0.15) is 0 Å². The molecule has 0 radical (unpaired) electrons. The Hall–Kier alpha value is -2.67. The fourth-order valence-corrected chi connectivity index (χ4v) is 4.48. The summed E-state index contributed by atoms with van der Waals surface area (Å²) in [6.07, 6.45) is 9.24. The van der Waals surface area contributed by atoms with Crippen molar-refractivity contribution in [2.24, 2.45) is 5.92 Å². The lowest BCUT2D eigenvalue weighted by Crippen LogP contribution is -2.59. The number of hydrogen-bond donors (Lipinski definition) is 2. The highest BCUT2D eigenvalue weighted by Crippen LogP contribution is 2.28. The number of amides is 3. The molecule has 1 aromatic carbocycles. The van der Waals surface area contributed by atoms with E-state index in [1.54, 1.807) is 38.2 Å². The summed E-state index contributed by atoms with van der Waals surface area (Å²) in [5.41, 5.74) is 1.17. The molecular weight excluding hydrogens is 404 g/mol. The molecule has 0 aromatic heterocycles. The third-order valence-corrected chi connectivity index (χ3v) is 6.71. The Morgan fingerprint density at radius 1 is 1.09 bits per heavy atom. The zero-order valence-electron chi connectivity index (χ0n) is 19.4. The molecule has 3 atom stereocenters. The Bertz CT molecular complexity index is 820. The van der Waals surface area contributed by atoms with Gasteiger partial charge in [0.15, 0.2) is 0 Å². The quantitative estimate of drug-likeness (QED) is 0.651. The molecule has 3 rings (SSSR count). The Balaban J connectivity index is 1.72. The van der Waals surface area contributed by atoms with E-state index >= 15 is 0 Å². The molecule has 0 saturated heterocycles. The van der Waals surface area contributed by atoms with Crippen molar-refractivity contribution >= 4 is 17.7 Å². The maximum atomic E-state index is 13.6. The van der Waals surface area contributed by atoms with Crippen LogP contribution in [0.25, 0.3) is 0 Å². The number of rotatable bonds is 8. The molecule has 7 nitrogen and oxygen atoms in total. The largest absolute Gasteiger partial charge is 0.343 e. The first kappa shape index (κ1) is 24.0. The fraction of sp³-hybridized carbons (Fsp3) is 0.560. The number of hydrogen-bond acceptors (Lipinski definition) is 4. The first-order valence-corrected chi connectivity index (χ1v) is 11.7. The topological polar surface area (TPSA) is 81.8 Å². The molecule has 174 valence electrons. The zero-order chi connectivity index (χ0) is 23.1. The smallest absolute Gasteiger partial charge is 0.250 e. The summed E-state index contributed by atoms with van der Waals surface area (Å²) in [4.78, 5) is 42.4. The van der Waals surface area contributed by atoms with Gasteiger partial charge in [-0.05, 0) is 51.6 Å². The van der Waals surface area contributed by atoms with E-state index < -0.39 is 18.1 Å². The monoisotopic (exact) mass is 440 g/mol. The summed E-state index contributed by atoms with van der Waals surface area (Å²) in [5, 5.41) is 5.91. The maximum Gasteiger partial charge on any atom is 0.250 e. The van der Waals surface area contributed by atoms with Gasteiger partial charge in [0.25, 0.3) is 0 Å². The lowest BCUT2D eigenvalue weighted by molar-refractivity contribution is -0.145. The van der Waals surface area contributed by atoms with E-state index in [0.29, 0.717) is 6.54 Å². The Morgan fingerprint density at radius 3 is 2.44 bits per heavy atom. The highest BCUT2D eigenvalue weighted by Gasteiger charge is 2.39. The van der Waals surface area contributed by atoms with Gasteiger partial charge >= 0.3 is 0 Å². The standard InChI is InChI=1S/C25H36N4O3/c1-18(26-3)23(30)27-22(21-12-8-5-9-13-21)25(32)29-17-16-28(24(31)19(29)2)15-14-20-10-6-4-7-11-20/h4,6-7,10-11,16-19,21-22,26H,5,8-9,12-15H2,1-3H3,(H,27,30)/t18-,19-,22-/m0/s1.